The summed E-state index contributed by atoms with van der Waals surface area (Å²) >= 11 is 5.29. The number of carbonyl (C=O) groups excluding carboxylic acids is 3. The molecule has 0 heterocycles. The van der Waals surface area contributed by atoms with Gasteiger partial charge in [-0.25, -0.2) is 4.79 Å². The van der Waals surface area contributed by atoms with Crippen LogP contribution in [0, 0.1) is 0 Å². The molecular formula is C8H14ClN3O3. The van der Waals surface area contributed by atoms with Gasteiger partial charge in [0.15, 0.2) is 0 Å². The number of amides is 4. The fourth-order valence-corrected chi connectivity index (χ4v) is 0.911. The highest BCUT2D eigenvalue weighted by Crippen LogP contribution is 1.83. The van der Waals surface area contributed by atoms with Crippen molar-refractivity contribution in [1.82, 2.24) is 16.0 Å². The quantitative estimate of drug-likeness (QED) is 0.566. The summed E-state index contributed by atoms with van der Waals surface area (Å²) in [5.74, 6) is -0.633. The largest absolute Gasteiger partial charge is 0.355 e. The fourth-order valence-electron chi connectivity index (χ4n) is 0.739. The second kappa shape index (κ2) is 8.05. The van der Waals surface area contributed by atoms with Gasteiger partial charge in [-0.3, -0.25) is 14.9 Å². The molecule has 3 N–H and O–H groups in total. The molecule has 6 nitrogen and oxygen atoms in total. The van der Waals surface area contributed by atoms with Gasteiger partial charge in [0.25, 0.3) is 0 Å². The second-order valence-corrected chi connectivity index (χ2v) is 3.00. The van der Waals surface area contributed by atoms with Crippen molar-refractivity contribution in [3.8, 4) is 0 Å². The van der Waals surface area contributed by atoms with Crippen molar-refractivity contribution in [2.45, 2.75) is 13.3 Å². The minimum atomic E-state index is -0.698. The lowest BCUT2D eigenvalue weighted by atomic mass is 10.4. The minimum absolute atomic E-state index is 0.0656. The van der Waals surface area contributed by atoms with Crippen LogP contribution < -0.4 is 16.0 Å². The Labute approximate surface area is 92.7 Å². The number of rotatable bonds is 5. The van der Waals surface area contributed by atoms with Crippen molar-refractivity contribution in [2.24, 2.45) is 0 Å². The Balaban J connectivity index is 3.66. The van der Waals surface area contributed by atoms with E-state index in [1.165, 1.54) is 0 Å². The van der Waals surface area contributed by atoms with E-state index in [0.717, 1.165) is 0 Å². The van der Waals surface area contributed by atoms with E-state index in [0.29, 0.717) is 6.54 Å². The number of hydrogen-bond donors (Lipinski definition) is 3. The molecule has 0 radical (unpaired) electrons. The van der Waals surface area contributed by atoms with Crippen LogP contribution in [0.4, 0.5) is 4.79 Å². The third-order valence-corrected chi connectivity index (χ3v) is 1.55. The number of nitrogens with one attached hydrogen (secondary N) is 3. The van der Waals surface area contributed by atoms with Gasteiger partial charge >= 0.3 is 6.03 Å². The molecule has 0 aromatic rings. The maximum atomic E-state index is 11.0. The predicted octanol–water partition coefficient (Wildman–Crippen LogP) is -0.423. The molecule has 86 valence electrons. The van der Waals surface area contributed by atoms with Crippen LogP contribution in [0.5, 0.6) is 0 Å². The number of alkyl halides is 1. The summed E-state index contributed by atoms with van der Waals surface area (Å²) < 4.78 is 0. The third kappa shape index (κ3) is 7.75. The highest BCUT2D eigenvalue weighted by Gasteiger charge is 2.07. The van der Waals surface area contributed by atoms with Gasteiger partial charge in [0, 0.05) is 18.8 Å². The van der Waals surface area contributed by atoms with Crippen molar-refractivity contribution in [2.75, 3.05) is 19.0 Å². The molecule has 0 spiro atoms. The average molecular weight is 236 g/mol. The normalized spacial score (nSPS) is 9.20. The molecule has 0 aromatic heterocycles. The lowest BCUT2D eigenvalue weighted by Gasteiger charge is -2.05. The summed E-state index contributed by atoms with van der Waals surface area (Å²) in [4.78, 5) is 32.7. The Hall–Kier alpha value is -1.30. The molecule has 0 saturated carbocycles. The molecular weight excluding hydrogens is 222 g/mol. The minimum Gasteiger partial charge on any atom is -0.355 e. The van der Waals surface area contributed by atoms with Gasteiger partial charge in [-0.05, 0) is 6.92 Å². The molecule has 0 unspecified atom stereocenters. The molecule has 0 saturated heterocycles. The smallest absolute Gasteiger partial charge is 0.321 e. The Kier molecular flexibility index (Phi) is 7.35. The lowest BCUT2D eigenvalue weighted by Crippen LogP contribution is -2.44. The first kappa shape index (κ1) is 13.7. The summed E-state index contributed by atoms with van der Waals surface area (Å²) in [6, 6.07) is -0.698. The van der Waals surface area contributed by atoms with Crippen LogP contribution >= 0.6 is 11.6 Å². The van der Waals surface area contributed by atoms with Gasteiger partial charge in [0.05, 0.1) is 6.54 Å². The molecule has 0 atom stereocenters. The van der Waals surface area contributed by atoms with E-state index in [1.54, 1.807) is 6.92 Å². The number of imide groups is 1. The van der Waals surface area contributed by atoms with Crippen LogP contribution in [0.3, 0.4) is 0 Å². The SMILES string of the molecule is CCNC(=O)CNC(=O)NC(=O)CCCl. The Morgan fingerprint density at radius 2 is 1.80 bits per heavy atom. The van der Waals surface area contributed by atoms with Gasteiger partial charge in [-0.15, -0.1) is 11.6 Å². The van der Waals surface area contributed by atoms with Crippen LogP contribution in [0.15, 0.2) is 0 Å². The maximum absolute atomic E-state index is 11.0. The molecule has 4 amide bonds. The van der Waals surface area contributed by atoms with E-state index in [1.807, 2.05) is 5.32 Å². The number of halogens is 1. The van der Waals surface area contributed by atoms with E-state index in [2.05, 4.69) is 10.6 Å². The van der Waals surface area contributed by atoms with Crippen LogP contribution in [-0.2, 0) is 9.59 Å². The summed E-state index contributed by atoms with van der Waals surface area (Å²) in [7, 11) is 0. The molecule has 7 heteroatoms. The molecule has 0 bridgehead atoms. The number of carbonyl (C=O) groups is 3. The van der Waals surface area contributed by atoms with Gasteiger partial charge in [-0.1, -0.05) is 0 Å². The Bertz CT molecular complexity index is 245. The zero-order valence-electron chi connectivity index (χ0n) is 8.43. The zero-order chi connectivity index (χ0) is 11.7. The first-order valence-electron chi connectivity index (χ1n) is 4.50. The van der Waals surface area contributed by atoms with E-state index in [4.69, 9.17) is 11.6 Å². The van der Waals surface area contributed by atoms with Crippen molar-refractivity contribution < 1.29 is 14.4 Å². The standard InChI is InChI=1S/C8H14ClN3O3/c1-2-10-7(14)5-11-8(15)12-6(13)3-4-9/h2-5H2,1H3,(H,10,14)(H2,11,12,13,15). The summed E-state index contributed by atoms with van der Waals surface area (Å²) in [6.07, 6.45) is 0.0656. The average Bonchev–Trinajstić information content (AvgIpc) is 2.15. The monoisotopic (exact) mass is 235 g/mol. The van der Waals surface area contributed by atoms with Gasteiger partial charge in [0.2, 0.25) is 11.8 Å². The maximum Gasteiger partial charge on any atom is 0.321 e. The van der Waals surface area contributed by atoms with E-state index >= 15 is 0 Å². The summed E-state index contributed by atoms with van der Waals surface area (Å²) in [5.41, 5.74) is 0. The Morgan fingerprint density at radius 1 is 1.13 bits per heavy atom. The van der Waals surface area contributed by atoms with Crippen molar-refractivity contribution in [3.05, 3.63) is 0 Å². The van der Waals surface area contributed by atoms with Crippen molar-refractivity contribution in [1.29, 1.82) is 0 Å². The van der Waals surface area contributed by atoms with Crippen LogP contribution in [-0.4, -0.2) is 36.8 Å². The van der Waals surface area contributed by atoms with Crippen LogP contribution in [0.2, 0.25) is 0 Å². The Morgan fingerprint density at radius 3 is 2.33 bits per heavy atom. The van der Waals surface area contributed by atoms with E-state index < -0.39 is 11.9 Å². The van der Waals surface area contributed by atoms with Gasteiger partial charge in [0.1, 0.15) is 0 Å². The molecule has 0 aliphatic rings. The van der Waals surface area contributed by atoms with Gasteiger partial charge in [-0.2, -0.15) is 0 Å². The molecule has 0 fully saturated rings. The number of hydrogen-bond acceptors (Lipinski definition) is 3. The van der Waals surface area contributed by atoms with Crippen LogP contribution in [0.25, 0.3) is 0 Å². The number of likely N-dealkylation sites (N-methyl/N-ethyl adjacent to an activating group) is 1. The summed E-state index contributed by atoms with van der Waals surface area (Å²) in [6.45, 7) is 2.10. The fraction of sp³-hybridized carbons (Fsp3) is 0.625. The molecule has 0 aromatic carbocycles. The molecule has 15 heavy (non-hydrogen) atoms. The number of urea groups is 1. The van der Waals surface area contributed by atoms with Crippen molar-refractivity contribution in [3.63, 3.8) is 0 Å². The third-order valence-electron chi connectivity index (χ3n) is 1.36. The van der Waals surface area contributed by atoms with E-state index in [9.17, 15) is 14.4 Å². The molecule has 0 aliphatic carbocycles. The molecule has 0 aliphatic heterocycles. The van der Waals surface area contributed by atoms with Crippen LogP contribution in [0.1, 0.15) is 13.3 Å². The zero-order valence-corrected chi connectivity index (χ0v) is 9.19. The van der Waals surface area contributed by atoms with Gasteiger partial charge < -0.3 is 10.6 Å². The van der Waals surface area contributed by atoms with E-state index in [-0.39, 0.29) is 24.8 Å². The lowest BCUT2D eigenvalue weighted by molar-refractivity contribution is -0.121. The highest BCUT2D eigenvalue weighted by atomic mass is 35.5. The summed E-state index contributed by atoms with van der Waals surface area (Å²) in [5, 5.41) is 6.75. The highest BCUT2D eigenvalue weighted by molar-refractivity contribution is 6.19. The first-order chi connectivity index (χ1) is 7.10. The van der Waals surface area contributed by atoms with Crippen molar-refractivity contribution >= 4 is 29.4 Å². The molecule has 0 rings (SSSR count). The first-order valence-corrected chi connectivity index (χ1v) is 5.04. The predicted molar refractivity (Wildman–Crippen MR) is 55.6 cm³/mol. The second-order valence-electron chi connectivity index (χ2n) is 2.62. The topological polar surface area (TPSA) is 87.3 Å².